The van der Waals surface area contributed by atoms with Crippen molar-refractivity contribution >= 4 is 34.8 Å². The van der Waals surface area contributed by atoms with Crippen LogP contribution in [0.5, 0.6) is 0 Å². The standard InChI is InChI=1S/C11H11Cl3N4/c1-2-9(15)10-5-18(17-16-10)11-4-7(13)6(12)3-8(11)14/h3-5,9H,2,15H2,1H3. The van der Waals surface area contributed by atoms with E-state index < -0.39 is 0 Å². The molecule has 0 fully saturated rings. The topological polar surface area (TPSA) is 56.7 Å². The molecule has 1 atom stereocenters. The van der Waals surface area contributed by atoms with Crippen LogP contribution in [0.2, 0.25) is 15.1 Å². The normalized spacial score (nSPS) is 12.7. The monoisotopic (exact) mass is 304 g/mol. The van der Waals surface area contributed by atoms with E-state index >= 15 is 0 Å². The van der Waals surface area contributed by atoms with Gasteiger partial charge < -0.3 is 5.73 Å². The Hall–Kier alpha value is -0.810. The molecule has 1 aromatic heterocycles. The van der Waals surface area contributed by atoms with Crippen LogP contribution in [0.15, 0.2) is 18.3 Å². The fraction of sp³-hybridized carbons (Fsp3) is 0.273. The van der Waals surface area contributed by atoms with E-state index in [1.807, 2.05) is 6.92 Å². The molecule has 4 nitrogen and oxygen atoms in total. The van der Waals surface area contributed by atoms with Crippen LogP contribution < -0.4 is 5.73 Å². The van der Waals surface area contributed by atoms with E-state index in [1.54, 1.807) is 18.3 Å². The summed E-state index contributed by atoms with van der Waals surface area (Å²) in [7, 11) is 0. The van der Waals surface area contributed by atoms with Crippen molar-refractivity contribution < 1.29 is 0 Å². The Labute approximate surface area is 120 Å². The highest BCUT2D eigenvalue weighted by Crippen LogP contribution is 2.31. The zero-order valence-electron chi connectivity index (χ0n) is 9.57. The maximum Gasteiger partial charge on any atom is 0.0998 e. The molecule has 0 spiro atoms. The highest BCUT2D eigenvalue weighted by atomic mass is 35.5. The van der Waals surface area contributed by atoms with Gasteiger partial charge in [-0.15, -0.1) is 5.10 Å². The molecule has 0 saturated heterocycles. The van der Waals surface area contributed by atoms with Gasteiger partial charge in [-0.3, -0.25) is 0 Å². The van der Waals surface area contributed by atoms with Crippen LogP contribution in [0, 0.1) is 0 Å². The van der Waals surface area contributed by atoms with Gasteiger partial charge in [0.05, 0.1) is 38.7 Å². The third-order valence-corrected chi connectivity index (χ3v) is 3.59. The lowest BCUT2D eigenvalue weighted by Crippen LogP contribution is -2.08. The molecule has 0 saturated carbocycles. The number of rotatable bonds is 3. The first kappa shape index (κ1) is 13.6. The highest BCUT2D eigenvalue weighted by Gasteiger charge is 2.12. The van der Waals surface area contributed by atoms with E-state index in [0.29, 0.717) is 26.4 Å². The largest absolute Gasteiger partial charge is 0.323 e. The molecule has 1 heterocycles. The summed E-state index contributed by atoms with van der Waals surface area (Å²) in [5, 5.41) is 9.26. The predicted octanol–water partition coefficient (Wildman–Crippen LogP) is 3.64. The summed E-state index contributed by atoms with van der Waals surface area (Å²) in [5.41, 5.74) is 7.21. The van der Waals surface area contributed by atoms with Gasteiger partial charge in [0.1, 0.15) is 0 Å². The van der Waals surface area contributed by atoms with Crippen molar-refractivity contribution in [2.45, 2.75) is 19.4 Å². The fourth-order valence-electron chi connectivity index (χ4n) is 1.46. The maximum absolute atomic E-state index is 6.10. The van der Waals surface area contributed by atoms with Crippen molar-refractivity contribution in [2.24, 2.45) is 5.73 Å². The molecule has 0 radical (unpaired) electrons. The summed E-state index contributed by atoms with van der Waals surface area (Å²) in [6, 6.07) is 3.07. The molecule has 1 aromatic carbocycles. The Morgan fingerprint density at radius 2 is 1.89 bits per heavy atom. The van der Waals surface area contributed by atoms with Crippen molar-refractivity contribution in [1.82, 2.24) is 15.0 Å². The molecule has 0 aliphatic carbocycles. The summed E-state index contributed by atoms with van der Waals surface area (Å²) < 4.78 is 1.54. The summed E-state index contributed by atoms with van der Waals surface area (Å²) in [5.74, 6) is 0. The lowest BCUT2D eigenvalue weighted by Gasteiger charge is -2.05. The van der Waals surface area contributed by atoms with Gasteiger partial charge in [0.15, 0.2) is 0 Å². The average molecular weight is 306 g/mol. The minimum Gasteiger partial charge on any atom is -0.323 e. The second-order valence-corrected chi connectivity index (χ2v) is 5.04. The van der Waals surface area contributed by atoms with Gasteiger partial charge in [-0.2, -0.15) is 0 Å². The summed E-state index contributed by atoms with van der Waals surface area (Å²) in [6.07, 6.45) is 2.52. The predicted molar refractivity (Wildman–Crippen MR) is 73.6 cm³/mol. The second kappa shape index (κ2) is 5.45. The molecular weight excluding hydrogens is 295 g/mol. The second-order valence-electron chi connectivity index (χ2n) is 3.82. The molecule has 0 aliphatic heterocycles. The molecule has 2 rings (SSSR count). The van der Waals surface area contributed by atoms with E-state index in [4.69, 9.17) is 40.5 Å². The molecule has 2 N–H and O–H groups in total. The zero-order chi connectivity index (χ0) is 13.3. The van der Waals surface area contributed by atoms with Gasteiger partial charge in [-0.05, 0) is 18.6 Å². The van der Waals surface area contributed by atoms with Crippen LogP contribution in [0.25, 0.3) is 5.69 Å². The average Bonchev–Trinajstić information content (AvgIpc) is 2.82. The summed E-state index contributed by atoms with van der Waals surface area (Å²) >= 11 is 17.9. The Kier molecular flexibility index (Phi) is 4.12. The number of halogens is 3. The summed E-state index contributed by atoms with van der Waals surface area (Å²) in [4.78, 5) is 0. The molecule has 0 bridgehead atoms. The van der Waals surface area contributed by atoms with Crippen LogP contribution in [0.4, 0.5) is 0 Å². The number of benzene rings is 1. The van der Waals surface area contributed by atoms with Crippen molar-refractivity contribution in [1.29, 1.82) is 0 Å². The van der Waals surface area contributed by atoms with Crippen LogP contribution >= 0.6 is 34.8 Å². The Bertz CT molecular complexity index is 567. The van der Waals surface area contributed by atoms with Crippen molar-refractivity contribution in [3.05, 3.63) is 39.1 Å². The summed E-state index contributed by atoms with van der Waals surface area (Å²) in [6.45, 7) is 1.98. The Balaban J connectivity index is 2.43. The first-order valence-corrected chi connectivity index (χ1v) is 6.49. The highest BCUT2D eigenvalue weighted by molar-refractivity contribution is 6.43. The maximum atomic E-state index is 6.10. The molecule has 2 aromatic rings. The minimum absolute atomic E-state index is 0.139. The van der Waals surface area contributed by atoms with E-state index in [2.05, 4.69) is 10.3 Å². The number of hydrogen-bond acceptors (Lipinski definition) is 3. The van der Waals surface area contributed by atoms with E-state index in [-0.39, 0.29) is 6.04 Å². The first-order chi connectivity index (χ1) is 8.52. The molecule has 18 heavy (non-hydrogen) atoms. The molecular formula is C11H11Cl3N4. The van der Waals surface area contributed by atoms with Crippen LogP contribution in [0.3, 0.4) is 0 Å². The van der Waals surface area contributed by atoms with Gasteiger partial charge in [-0.25, -0.2) is 4.68 Å². The fourth-order valence-corrected chi connectivity index (χ4v) is 2.09. The SMILES string of the molecule is CCC(N)c1cn(-c2cc(Cl)c(Cl)cc2Cl)nn1. The lowest BCUT2D eigenvalue weighted by molar-refractivity contribution is 0.670. The quantitative estimate of drug-likeness (QED) is 0.881. The Morgan fingerprint density at radius 3 is 2.56 bits per heavy atom. The van der Waals surface area contributed by atoms with Crippen LogP contribution in [-0.2, 0) is 0 Å². The number of hydrogen-bond donors (Lipinski definition) is 1. The molecule has 96 valence electrons. The van der Waals surface area contributed by atoms with Crippen molar-refractivity contribution in [2.75, 3.05) is 0 Å². The van der Waals surface area contributed by atoms with Crippen molar-refractivity contribution in [3.63, 3.8) is 0 Å². The zero-order valence-corrected chi connectivity index (χ0v) is 11.8. The Morgan fingerprint density at radius 1 is 1.22 bits per heavy atom. The molecule has 7 heteroatoms. The minimum atomic E-state index is -0.139. The number of aromatic nitrogens is 3. The third kappa shape index (κ3) is 2.62. The molecule has 0 amide bonds. The third-order valence-electron chi connectivity index (χ3n) is 2.57. The van der Waals surface area contributed by atoms with Gasteiger partial charge in [-0.1, -0.05) is 46.9 Å². The number of nitrogens with two attached hydrogens (primary N) is 1. The van der Waals surface area contributed by atoms with E-state index in [1.165, 1.54) is 4.68 Å². The first-order valence-electron chi connectivity index (χ1n) is 5.35. The number of nitrogens with zero attached hydrogens (tertiary/aromatic N) is 3. The van der Waals surface area contributed by atoms with Crippen LogP contribution in [0.1, 0.15) is 25.1 Å². The van der Waals surface area contributed by atoms with E-state index in [9.17, 15) is 0 Å². The lowest BCUT2D eigenvalue weighted by atomic mass is 10.2. The van der Waals surface area contributed by atoms with Gasteiger partial charge in [0, 0.05) is 0 Å². The van der Waals surface area contributed by atoms with E-state index in [0.717, 1.165) is 6.42 Å². The van der Waals surface area contributed by atoms with Gasteiger partial charge in [0.25, 0.3) is 0 Å². The molecule has 0 aliphatic rings. The smallest absolute Gasteiger partial charge is 0.0998 e. The van der Waals surface area contributed by atoms with Crippen LogP contribution in [-0.4, -0.2) is 15.0 Å². The van der Waals surface area contributed by atoms with Gasteiger partial charge >= 0.3 is 0 Å². The van der Waals surface area contributed by atoms with Gasteiger partial charge in [0.2, 0.25) is 0 Å². The molecule has 1 unspecified atom stereocenters. The van der Waals surface area contributed by atoms with Crippen molar-refractivity contribution in [3.8, 4) is 5.69 Å².